The number of carboxylic acids is 1. The number of rotatable bonds is 5. The third-order valence-corrected chi connectivity index (χ3v) is 4.73. The van der Waals surface area contributed by atoms with Crippen LogP contribution in [0.15, 0.2) is 69.1 Å². The second-order valence-corrected chi connectivity index (χ2v) is 7.01. The van der Waals surface area contributed by atoms with Crippen LogP contribution in [0.1, 0.15) is 21.7 Å². The van der Waals surface area contributed by atoms with Crippen LogP contribution in [0.5, 0.6) is 0 Å². The predicted octanol–water partition coefficient (Wildman–Crippen LogP) is 3.93. The number of amides is 1. The molecule has 0 saturated heterocycles. The SMILES string of the molecule is Cc1c(C(=O)[O-])cccc1-c1ccc(/C=C(\C#N)C(=O)Nc2ccc(Br)cc2)o1. The molecule has 1 N–H and O–H groups in total. The molecule has 29 heavy (non-hydrogen) atoms. The van der Waals surface area contributed by atoms with Gasteiger partial charge in [-0.3, -0.25) is 4.79 Å². The molecule has 0 atom stereocenters. The number of hydrogen-bond acceptors (Lipinski definition) is 5. The van der Waals surface area contributed by atoms with Crippen molar-refractivity contribution in [2.24, 2.45) is 0 Å². The number of carbonyl (C=O) groups is 2. The van der Waals surface area contributed by atoms with Gasteiger partial charge in [-0.05, 0) is 48.9 Å². The number of hydrogen-bond donors (Lipinski definition) is 1. The molecule has 0 spiro atoms. The summed E-state index contributed by atoms with van der Waals surface area (Å²) in [5, 5.41) is 23.2. The summed E-state index contributed by atoms with van der Waals surface area (Å²) in [4.78, 5) is 23.6. The molecule has 6 nitrogen and oxygen atoms in total. The lowest BCUT2D eigenvalue weighted by Gasteiger charge is -2.10. The van der Waals surface area contributed by atoms with Gasteiger partial charge in [0.1, 0.15) is 23.2 Å². The van der Waals surface area contributed by atoms with Gasteiger partial charge < -0.3 is 19.6 Å². The van der Waals surface area contributed by atoms with E-state index in [9.17, 15) is 20.0 Å². The number of carboxylic acid groups (broad SMARTS) is 1. The average molecular weight is 450 g/mol. The summed E-state index contributed by atoms with van der Waals surface area (Å²) >= 11 is 3.31. The number of halogens is 1. The molecule has 0 aliphatic carbocycles. The van der Waals surface area contributed by atoms with Crippen molar-refractivity contribution in [3.8, 4) is 17.4 Å². The van der Waals surface area contributed by atoms with E-state index < -0.39 is 11.9 Å². The van der Waals surface area contributed by atoms with Gasteiger partial charge in [-0.25, -0.2) is 0 Å². The van der Waals surface area contributed by atoms with E-state index >= 15 is 0 Å². The first-order valence-corrected chi connectivity index (χ1v) is 9.28. The van der Waals surface area contributed by atoms with Crippen LogP contribution in [0.2, 0.25) is 0 Å². The van der Waals surface area contributed by atoms with E-state index in [1.807, 2.05) is 6.07 Å². The molecule has 0 unspecified atom stereocenters. The van der Waals surface area contributed by atoms with E-state index in [1.165, 1.54) is 12.1 Å². The Labute approximate surface area is 175 Å². The van der Waals surface area contributed by atoms with Crippen molar-refractivity contribution in [1.29, 1.82) is 5.26 Å². The van der Waals surface area contributed by atoms with Crippen LogP contribution in [-0.4, -0.2) is 11.9 Å². The highest BCUT2D eigenvalue weighted by Gasteiger charge is 2.13. The van der Waals surface area contributed by atoms with Crippen molar-refractivity contribution in [3.63, 3.8) is 0 Å². The second-order valence-electron chi connectivity index (χ2n) is 6.10. The smallest absolute Gasteiger partial charge is 0.266 e. The lowest BCUT2D eigenvalue weighted by atomic mass is 10.0. The molecule has 144 valence electrons. The summed E-state index contributed by atoms with van der Waals surface area (Å²) in [5.41, 5.74) is 1.58. The highest BCUT2D eigenvalue weighted by Crippen LogP contribution is 2.28. The van der Waals surface area contributed by atoms with Crippen LogP contribution in [0.4, 0.5) is 5.69 Å². The molecule has 0 bridgehead atoms. The average Bonchev–Trinajstić information content (AvgIpc) is 3.16. The Balaban J connectivity index is 1.85. The minimum absolute atomic E-state index is 0.0718. The molecule has 0 aliphatic rings. The first-order valence-electron chi connectivity index (χ1n) is 8.49. The molecule has 3 aromatic rings. The summed E-state index contributed by atoms with van der Waals surface area (Å²) in [6.45, 7) is 1.66. The van der Waals surface area contributed by atoms with Gasteiger partial charge in [0.25, 0.3) is 5.91 Å². The standard InChI is InChI=1S/C22H15BrN2O4/c1-13-18(3-2-4-19(13)22(27)28)20-10-9-17(29-20)11-14(12-24)21(26)25-16-7-5-15(23)6-8-16/h2-11H,1H3,(H,25,26)(H,27,28)/p-1/b14-11+. The van der Waals surface area contributed by atoms with Crippen LogP contribution in [0.3, 0.4) is 0 Å². The number of carbonyl (C=O) groups excluding carboxylic acids is 2. The summed E-state index contributed by atoms with van der Waals surface area (Å²) in [5.74, 6) is -1.13. The van der Waals surface area contributed by atoms with Gasteiger partial charge in [0.05, 0.1) is 5.97 Å². The lowest BCUT2D eigenvalue weighted by molar-refractivity contribution is -0.255. The fraction of sp³-hybridized carbons (Fsp3) is 0.0455. The predicted molar refractivity (Wildman–Crippen MR) is 110 cm³/mol. The lowest BCUT2D eigenvalue weighted by Crippen LogP contribution is -2.23. The minimum atomic E-state index is -1.27. The number of benzene rings is 2. The van der Waals surface area contributed by atoms with Crippen LogP contribution >= 0.6 is 15.9 Å². The maximum Gasteiger partial charge on any atom is 0.266 e. The molecule has 2 aromatic carbocycles. The molecule has 1 aromatic heterocycles. The van der Waals surface area contributed by atoms with Crippen LogP contribution < -0.4 is 10.4 Å². The third-order valence-electron chi connectivity index (χ3n) is 4.20. The maximum atomic E-state index is 12.4. The molecule has 3 rings (SSSR count). The van der Waals surface area contributed by atoms with Gasteiger partial charge >= 0.3 is 0 Å². The van der Waals surface area contributed by atoms with E-state index in [4.69, 9.17) is 4.42 Å². The van der Waals surface area contributed by atoms with Crippen LogP contribution in [0.25, 0.3) is 17.4 Å². The molecule has 1 heterocycles. The van der Waals surface area contributed by atoms with Crippen LogP contribution in [-0.2, 0) is 4.79 Å². The number of furan rings is 1. The van der Waals surface area contributed by atoms with Gasteiger partial charge in [-0.2, -0.15) is 5.26 Å². The summed E-state index contributed by atoms with van der Waals surface area (Å²) in [6, 6.07) is 16.8. The molecule has 1 amide bonds. The number of nitriles is 1. The topological polar surface area (TPSA) is 106 Å². The van der Waals surface area contributed by atoms with Gasteiger partial charge in [0, 0.05) is 27.4 Å². The van der Waals surface area contributed by atoms with E-state index in [0.29, 0.717) is 28.3 Å². The van der Waals surface area contributed by atoms with Crippen molar-refractivity contribution in [3.05, 3.63) is 81.5 Å². The van der Waals surface area contributed by atoms with Crippen molar-refractivity contribution >= 4 is 39.6 Å². The molecule has 0 radical (unpaired) electrons. The van der Waals surface area contributed by atoms with Crippen molar-refractivity contribution in [1.82, 2.24) is 0 Å². The van der Waals surface area contributed by atoms with Crippen molar-refractivity contribution in [2.75, 3.05) is 5.32 Å². The normalized spacial score (nSPS) is 11.0. The number of anilines is 1. The number of nitrogens with zero attached hydrogens (tertiary/aromatic N) is 1. The second kappa shape index (κ2) is 8.59. The summed E-state index contributed by atoms with van der Waals surface area (Å²) < 4.78 is 6.57. The zero-order chi connectivity index (χ0) is 21.0. The van der Waals surface area contributed by atoms with E-state index in [2.05, 4.69) is 21.2 Å². The highest BCUT2D eigenvalue weighted by molar-refractivity contribution is 9.10. The van der Waals surface area contributed by atoms with Gasteiger partial charge in [-0.15, -0.1) is 0 Å². The zero-order valence-electron chi connectivity index (χ0n) is 15.2. The zero-order valence-corrected chi connectivity index (χ0v) is 16.8. The van der Waals surface area contributed by atoms with Gasteiger partial charge in [0.15, 0.2) is 0 Å². The Bertz CT molecular complexity index is 1150. The fourth-order valence-electron chi connectivity index (χ4n) is 2.72. The monoisotopic (exact) mass is 449 g/mol. The van der Waals surface area contributed by atoms with Crippen molar-refractivity contribution in [2.45, 2.75) is 6.92 Å². The number of aromatic carboxylic acids is 1. The third kappa shape index (κ3) is 4.62. The fourth-order valence-corrected chi connectivity index (χ4v) is 2.99. The maximum absolute atomic E-state index is 12.4. The van der Waals surface area contributed by atoms with Crippen LogP contribution in [0, 0.1) is 18.3 Å². The Morgan fingerprint density at radius 1 is 1.14 bits per heavy atom. The molecular weight excluding hydrogens is 436 g/mol. The Morgan fingerprint density at radius 3 is 2.52 bits per heavy atom. The first kappa shape index (κ1) is 20.1. The van der Waals surface area contributed by atoms with Crippen molar-refractivity contribution < 1.29 is 19.1 Å². The number of nitrogens with one attached hydrogen (secondary N) is 1. The molecule has 0 fully saturated rings. The molecular formula is C22H14BrN2O4-. The Hall–Kier alpha value is -3.63. The molecule has 0 saturated carbocycles. The van der Waals surface area contributed by atoms with Gasteiger partial charge in [0.2, 0.25) is 0 Å². The Morgan fingerprint density at radius 2 is 1.86 bits per heavy atom. The first-order chi connectivity index (χ1) is 13.9. The Kier molecular flexibility index (Phi) is 5.96. The van der Waals surface area contributed by atoms with Gasteiger partial charge in [-0.1, -0.05) is 34.1 Å². The quantitative estimate of drug-likeness (QED) is 0.469. The largest absolute Gasteiger partial charge is 0.545 e. The van der Waals surface area contributed by atoms with E-state index in [-0.39, 0.29) is 11.1 Å². The summed E-state index contributed by atoms with van der Waals surface area (Å²) in [6.07, 6.45) is 1.33. The van der Waals surface area contributed by atoms with E-state index in [0.717, 1.165) is 4.47 Å². The molecule has 7 heteroatoms. The van der Waals surface area contributed by atoms with E-state index in [1.54, 1.807) is 55.5 Å². The molecule has 0 aliphatic heterocycles. The highest BCUT2D eigenvalue weighted by atomic mass is 79.9. The summed E-state index contributed by atoms with van der Waals surface area (Å²) in [7, 11) is 0. The minimum Gasteiger partial charge on any atom is -0.545 e.